The molecule has 0 spiro atoms. The molecule has 1 aromatic carbocycles. The van der Waals surface area contributed by atoms with E-state index in [2.05, 4.69) is 13.8 Å². The van der Waals surface area contributed by atoms with Crippen molar-refractivity contribution in [3.63, 3.8) is 0 Å². The van der Waals surface area contributed by atoms with Crippen molar-refractivity contribution in [2.45, 2.75) is 26.7 Å². The monoisotopic (exact) mass is 157 g/mol. The maximum absolute atomic E-state index is 9.46. The van der Waals surface area contributed by atoms with Crippen molar-refractivity contribution < 1.29 is 5.11 Å². The third-order valence-corrected chi connectivity index (χ3v) is 1.81. The van der Waals surface area contributed by atoms with Gasteiger partial charge in [0.1, 0.15) is 5.75 Å². The van der Waals surface area contributed by atoms with Crippen LogP contribution in [0.15, 0.2) is 18.2 Å². The first kappa shape index (κ1) is 11.6. The van der Waals surface area contributed by atoms with Gasteiger partial charge in [0.05, 0.1) is 0 Å². The summed E-state index contributed by atoms with van der Waals surface area (Å²) >= 11 is 0. The van der Waals surface area contributed by atoms with Crippen molar-refractivity contribution in [2.75, 3.05) is 0 Å². The maximum atomic E-state index is 9.46. The molecule has 0 amide bonds. The van der Waals surface area contributed by atoms with Gasteiger partial charge in [-0.05, 0) is 30.0 Å². The first-order chi connectivity index (χ1) is 5.11. The topological polar surface area (TPSA) is 20.2 Å². The third kappa shape index (κ3) is 2.59. The SMILES string of the molecule is Cc1ccc(C(C)C)c(O)c1.[Li]. The van der Waals surface area contributed by atoms with E-state index in [9.17, 15) is 5.11 Å². The van der Waals surface area contributed by atoms with Gasteiger partial charge in [-0.15, -0.1) is 0 Å². The molecule has 61 valence electrons. The Labute approximate surface area is 86.0 Å². The van der Waals surface area contributed by atoms with Gasteiger partial charge in [-0.2, -0.15) is 0 Å². The van der Waals surface area contributed by atoms with E-state index < -0.39 is 0 Å². The number of phenolic OH excluding ortho intramolecular Hbond substituents is 1. The van der Waals surface area contributed by atoms with Crippen LogP contribution in [0.2, 0.25) is 0 Å². The van der Waals surface area contributed by atoms with Gasteiger partial charge in [0, 0.05) is 18.9 Å². The summed E-state index contributed by atoms with van der Waals surface area (Å²) in [5.74, 6) is 0.815. The van der Waals surface area contributed by atoms with Crippen molar-refractivity contribution in [3.8, 4) is 5.75 Å². The Balaban J connectivity index is 0.00000121. The molecule has 0 atom stereocenters. The molecule has 0 saturated heterocycles. The molecule has 0 saturated carbocycles. The summed E-state index contributed by atoms with van der Waals surface area (Å²) < 4.78 is 0. The van der Waals surface area contributed by atoms with E-state index in [1.54, 1.807) is 6.07 Å². The van der Waals surface area contributed by atoms with Crippen LogP contribution in [-0.4, -0.2) is 24.0 Å². The average Bonchev–Trinajstić information content (AvgIpc) is 1.85. The van der Waals surface area contributed by atoms with E-state index in [1.807, 2.05) is 19.1 Å². The van der Waals surface area contributed by atoms with Crippen molar-refractivity contribution >= 4 is 18.9 Å². The number of hydrogen-bond donors (Lipinski definition) is 1. The van der Waals surface area contributed by atoms with Crippen LogP contribution in [0.5, 0.6) is 5.75 Å². The molecule has 2 heteroatoms. The van der Waals surface area contributed by atoms with Crippen molar-refractivity contribution in [2.24, 2.45) is 0 Å². The number of rotatable bonds is 1. The van der Waals surface area contributed by atoms with Crippen LogP contribution in [-0.2, 0) is 0 Å². The Morgan fingerprint density at radius 2 is 1.83 bits per heavy atom. The molecule has 1 N–H and O–H groups in total. The van der Waals surface area contributed by atoms with Crippen LogP contribution in [0.25, 0.3) is 0 Å². The predicted octanol–water partition coefficient (Wildman–Crippen LogP) is 2.44. The van der Waals surface area contributed by atoms with E-state index in [4.69, 9.17) is 0 Å². The molecule has 0 aliphatic carbocycles. The molecule has 0 aliphatic heterocycles. The second-order valence-corrected chi connectivity index (χ2v) is 3.22. The van der Waals surface area contributed by atoms with Gasteiger partial charge in [0.15, 0.2) is 0 Å². The Morgan fingerprint density at radius 1 is 1.25 bits per heavy atom. The molecule has 12 heavy (non-hydrogen) atoms. The summed E-state index contributed by atoms with van der Waals surface area (Å²) in [6.07, 6.45) is 0. The molecule has 1 aromatic rings. The molecule has 0 unspecified atom stereocenters. The zero-order valence-corrected chi connectivity index (χ0v) is 8.26. The predicted molar refractivity (Wildman–Crippen MR) is 52.7 cm³/mol. The molecular weight excluding hydrogens is 143 g/mol. The zero-order chi connectivity index (χ0) is 8.43. The molecule has 0 fully saturated rings. The Bertz CT molecular complexity index is 256. The summed E-state index contributed by atoms with van der Waals surface area (Å²) in [4.78, 5) is 0. The van der Waals surface area contributed by atoms with Crippen LogP contribution in [0.4, 0.5) is 0 Å². The molecular formula is C10H14LiO. The number of phenols is 1. The smallest absolute Gasteiger partial charge is 0.119 e. The van der Waals surface area contributed by atoms with Crippen molar-refractivity contribution in [1.82, 2.24) is 0 Å². The zero-order valence-electron chi connectivity index (χ0n) is 8.26. The minimum Gasteiger partial charge on any atom is -0.508 e. The molecule has 1 radical (unpaired) electrons. The van der Waals surface area contributed by atoms with Gasteiger partial charge in [-0.25, -0.2) is 0 Å². The number of hydrogen-bond acceptors (Lipinski definition) is 1. The minimum absolute atomic E-state index is 0. The summed E-state index contributed by atoms with van der Waals surface area (Å²) in [7, 11) is 0. The summed E-state index contributed by atoms with van der Waals surface area (Å²) in [5, 5.41) is 9.46. The minimum atomic E-state index is 0. The summed E-state index contributed by atoms with van der Waals surface area (Å²) in [5.41, 5.74) is 2.13. The third-order valence-electron chi connectivity index (χ3n) is 1.81. The fourth-order valence-corrected chi connectivity index (χ4v) is 1.14. The Morgan fingerprint density at radius 3 is 2.25 bits per heavy atom. The number of benzene rings is 1. The van der Waals surface area contributed by atoms with Crippen LogP contribution in [0, 0.1) is 6.92 Å². The Kier molecular flexibility index (Phi) is 4.45. The molecule has 0 bridgehead atoms. The van der Waals surface area contributed by atoms with Gasteiger partial charge in [-0.3, -0.25) is 0 Å². The molecule has 1 rings (SSSR count). The Hall–Kier alpha value is -0.383. The van der Waals surface area contributed by atoms with Crippen LogP contribution in [0.3, 0.4) is 0 Å². The number of aromatic hydroxyl groups is 1. The quantitative estimate of drug-likeness (QED) is 0.621. The van der Waals surface area contributed by atoms with Crippen LogP contribution in [0.1, 0.15) is 30.9 Å². The maximum Gasteiger partial charge on any atom is 0.119 e. The van der Waals surface area contributed by atoms with E-state index in [1.165, 1.54) is 0 Å². The normalized spacial score (nSPS) is 9.67. The summed E-state index contributed by atoms with van der Waals surface area (Å²) in [6, 6.07) is 5.81. The van der Waals surface area contributed by atoms with E-state index in [0.29, 0.717) is 11.7 Å². The van der Waals surface area contributed by atoms with E-state index >= 15 is 0 Å². The van der Waals surface area contributed by atoms with E-state index in [0.717, 1.165) is 11.1 Å². The standard InChI is InChI=1S/C10H14O.Li/c1-7(2)9-5-4-8(3)6-10(9)11;/h4-7,11H,1-3H3;. The van der Waals surface area contributed by atoms with Gasteiger partial charge >= 0.3 is 0 Å². The summed E-state index contributed by atoms with van der Waals surface area (Å²) in [6.45, 7) is 6.12. The molecule has 0 heterocycles. The van der Waals surface area contributed by atoms with Gasteiger partial charge < -0.3 is 5.11 Å². The molecule has 0 aliphatic rings. The fourth-order valence-electron chi connectivity index (χ4n) is 1.14. The second kappa shape index (κ2) is 4.60. The second-order valence-electron chi connectivity index (χ2n) is 3.22. The first-order valence-electron chi connectivity index (χ1n) is 3.91. The fraction of sp³-hybridized carbons (Fsp3) is 0.400. The first-order valence-corrected chi connectivity index (χ1v) is 3.91. The van der Waals surface area contributed by atoms with Gasteiger partial charge in [0.2, 0.25) is 0 Å². The number of aryl methyl sites for hydroxylation is 1. The van der Waals surface area contributed by atoms with Crippen LogP contribution >= 0.6 is 0 Å². The van der Waals surface area contributed by atoms with Crippen LogP contribution < -0.4 is 0 Å². The largest absolute Gasteiger partial charge is 0.508 e. The average molecular weight is 157 g/mol. The van der Waals surface area contributed by atoms with Gasteiger partial charge in [0.25, 0.3) is 0 Å². The van der Waals surface area contributed by atoms with Gasteiger partial charge in [-0.1, -0.05) is 26.0 Å². The van der Waals surface area contributed by atoms with Crippen molar-refractivity contribution in [3.05, 3.63) is 29.3 Å². The molecule has 1 nitrogen and oxygen atoms in total. The van der Waals surface area contributed by atoms with E-state index in [-0.39, 0.29) is 18.9 Å². The van der Waals surface area contributed by atoms with Crippen molar-refractivity contribution in [1.29, 1.82) is 0 Å². The molecule has 0 aromatic heterocycles.